The van der Waals surface area contributed by atoms with E-state index in [1.54, 1.807) is 18.3 Å². The Bertz CT molecular complexity index is 1230. The number of aromatic nitrogens is 2. The first-order valence-electron chi connectivity index (χ1n) is 11.0. The van der Waals surface area contributed by atoms with Crippen LogP contribution in [0.25, 0.3) is 0 Å². The van der Waals surface area contributed by atoms with Crippen molar-refractivity contribution < 1.29 is 31.9 Å². The number of methoxy groups -OCH3 is 1. The first-order chi connectivity index (χ1) is 16.8. The van der Waals surface area contributed by atoms with E-state index in [4.69, 9.17) is 9.15 Å². The number of carbonyl (C=O) groups excluding carboxylic acids is 2. The third-order valence-electron chi connectivity index (χ3n) is 5.98. The maximum absolute atomic E-state index is 13.8. The van der Waals surface area contributed by atoms with Crippen LogP contribution in [0.2, 0.25) is 0 Å². The van der Waals surface area contributed by atoms with Crippen LogP contribution >= 0.6 is 0 Å². The molecule has 184 valence electrons. The van der Waals surface area contributed by atoms with E-state index in [2.05, 4.69) is 20.6 Å². The minimum atomic E-state index is -1.33. The molecule has 0 radical (unpaired) electrons. The summed E-state index contributed by atoms with van der Waals surface area (Å²) >= 11 is 0. The number of ether oxygens (including phenoxy) is 1. The molecule has 2 heterocycles. The molecule has 0 atom stereocenters. The Morgan fingerprint density at radius 2 is 1.83 bits per heavy atom. The fraction of sp³-hybridized carbons (Fsp3) is 0.333. The first kappa shape index (κ1) is 24.2. The summed E-state index contributed by atoms with van der Waals surface area (Å²) in [5.41, 5.74) is 0.867. The number of rotatable bonds is 7. The lowest BCUT2D eigenvalue weighted by Crippen LogP contribution is -2.18. The van der Waals surface area contributed by atoms with Gasteiger partial charge in [0.2, 0.25) is 0 Å². The van der Waals surface area contributed by atoms with E-state index in [0.29, 0.717) is 30.2 Å². The lowest BCUT2D eigenvalue weighted by molar-refractivity contribution is -0.142. The Morgan fingerprint density at radius 3 is 2.57 bits per heavy atom. The number of amides is 1. The number of nitrogens with zero attached hydrogens (tertiary/aromatic N) is 2. The molecule has 1 fully saturated rings. The van der Waals surface area contributed by atoms with Crippen molar-refractivity contribution in [1.29, 1.82) is 0 Å². The van der Waals surface area contributed by atoms with Gasteiger partial charge in [0.15, 0.2) is 17.3 Å². The Balaban J connectivity index is 1.36. The molecule has 3 aromatic rings. The van der Waals surface area contributed by atoms with Gasteiger partial charge in [-0.2, -0.15) is 4.98 Å². The van der Waals surface area contributed by atoms with Gasteiger partial charge in [0, 0.05) is 42.0 Å². The van der Waals surface area contributed by atoms with Crippen molar-refractivity contribution in [2.45, 2.75) is 38.0 Å². The Labute approximate surface area is 198 Å². The van der Waals surface area contributed by atoms with Gasteiger partial charge < -0.3 is 19.8 Å². The number of hydrogen-bond acceptors (Lipinski definition) is 7. The van der Waals surface area contributed by atoms with Crippen molar-refractivity contribution in [3.05, 3.63) is 65.6 Å². The van der Waals surface area contributed by atoms with E-state index in [1.165, 1.54) is 7.11 Å². The monoisotopic (exact) mass is 488 g/mol. The highest BCUT2D eigenvalue weighted by Crippen LogP contribution is 2.37. The fourth-order valence-corrected chi connectivity index (χ4v) is 4.09. The smallest absolute Gasteiger partial charge is 0.305 e. The average molecular weight is 488 g/mol. The molecule has 0 aliphatic heterocycles. The van der Waals surface area contributed by atoms with Gasteiger partial charge in [-0.15, -0.1) is 0 Å². The van der Waals surface area contributed by atoms with Gasteiger partial charge in [0.1, 0.15) is 12.1 Å². The number of anilines is 3. The van der Waals surface area contributed by atoms with Gasteiger partial charge in [0.25, 0.3) is 11.9 Å². The van der Waals surface area contributed by atoms with Crippen LogP contribution in [-0.4, -0.2) is 29.0 Å². The van der Waals surface area contributed by atoms with Crippen LogP contribution in [0.3, 0.4) is 0 Å². The van der Waals surface area contributed by atoms with Gasteiger partial charge in [-0.1, -0.05) is 0 Å². The molecule has 1 amide bonds. The highest BCUT2D eigenvalue weighted by atomic mass is 19.2. The molecule has 2 aromatic heterocycles. The van der Waals surface area contributed by atoms with E-state index >= 15 is 0 Å². The molecular formula is C24H23F3N4O4. The number of oxazole rings is 1. The second-order valence-electron chi connectivity index (χ2n) is 8.33. The third-order valence-corrected chi connectivity index (χ3v) is 5.98. The summed E-state index contributed by atoms with van der Waals surface area (Å²) in [6, 6.07) is 4.18. The Hall–Kier alpha value is -3.89. The van der Waals surface area contributed by atoms with Crippen LogP contribution in [0.4, 0.5) is 30.6 Å². The number of benzene rings is 1. The highest BCUT2D eigenvalue weighted by molar-refractivity contribution is 6.02. The van der Waals surface area contributed by atoms with E-state index < -0.39 is 29.0 Å². The molecule has 0 unspecified atom stereocenters. The van der Waals surface area contributed by atoms with E-state index in [0.717, 1.165) is 37.6 Å². The number of esters is 1. The van der Waals surface area contributed by atoms with Crippen molar-refractivity contribution in [3.8, 4) is 0 Å². The SMILES string of the molecule is COC(=O)CC1CCC(c2cc(NC(=O)c3coc(Nc4cc(F)c(F)cc4F)n3)ccn2)CC1. The molecule has 4 rings (SSSR count). The molecule has 0 spiro atoms. The van der Waals surface area contributed by atoms with Crippen molar-refractivity contribution in [2.75, 3.05) is 17.7 Å². The number of hydrogen-bond donors (Lipinski definition) is 2. The fourth-order valence-electron chi connectivity index (χ4n) is 4.09. The quantitative estimate of drug-likeness (QED) is 0.342. The predicted octanol–water partition coefficient (Wildman–Crippen LogP) is 5.32. The third kappa shape index (κ3) is 5.97. The van der Waals surface area contributed by atoms with Crippen molar-refractivity contribution in [3.63, 3.8) is 0 Å². The highest BCUT2D eigenvalue weighted by Gasteiger charge is 2.25. The van der Waals surface area contributed by atoms with Gasteiger partial charge >= 0.3 is 5.97 Å². The Kier molecular flexibility index (Phi) is 7.33. The van der Waals surface area contributed by atoms with Gasteiger partial charge in [-0.25, -0.2) is 13.2 Å². The average Bonchev–Trinajstić information content (AvgIpc) is 3.32. The molecular weight excluding hydrogens is 465 g/mol. The lowest BCUT2D eigenvalue weighted by atomic mass is 9.79. The lowest BCUT2D eigenvalue weighted by Gasteiger charge is -2.27. The number of halogens is 3. The Morgan fingerprint density at radius 1 is 1.09 bits per heavy atom. The van der Waals surface area contributed by atoms with Crippen molar-refractivity contribution in [2.24, 2.45) is 5.92 Å². The zero-order chi connectivity index (χ0) is 24.9. The van der Waals surface area contributed by atoms with Gasteiger partial charge in [0.05, 0.1) is 12.8 Å². The molecule has 8 nitrogen and oxygen atoms in total. The van der Waals surface area contributed by atoms with Gasteiger partial charge in [-0.05, 0) is 43.7 Å². The van der Waals surface area contributed by atoms with E-state index in [1.807, 2.05) is 0 Å². The molecule has 11 heteroatoms. The molecule has 1 saturated carbocycles. The van der Waals surface area contributed by atoms with Crippen LogP contribution in [0.5, 0.6) is 0 Å². The molecule has 0 bridgehead atoms. The van der Waals surface area contributed by atoms with Crippen molar-refractivity contribution >= 4 is 29.3 Å². The largest absolute Gasteiger partial charge is 0.469 e. The van der Waals surface area contributed by atoms with Crippen LogP contribution in [0, 0.1) is 23.4 Å². The van der Waals surface area contributed by atoms with Crippen LogP contribution in [-0.2, 0) is 9.53 Å². The second kappa shape index (κ2) is 10.6. The first-order valence-corrected chi connectivity index (χ1v) is 11.0. The summed E-state index contributed by atoms with van der Waals surface area (Å²) in [6.45, 7) is 0. The second-order valence-corrected chi connectivity index (χ2v) is 8.33. The molecule has 1 aliphatic carbocycles. The normalized spacial score (nSPS) is 17.6. The molecule has 2 N–H and O–H groups in total. The van der Waals surface area contributed by atoms with Crippen LogP contribution in [0.15, 0.2) is 41.1 Å². The number of pyridine rings is 1. The number of carbonyl (C=O) groups is 2. The summed E-state index contributed by atoms with van der Waals surface area (Å²) in [5, 5.41) is 5.08. The summed E-state index contributed by atoms with van der Waals surface area (Å²) in [4.78, 5) is 32.4. The van der Waals surface area contributed by atoms with Gasteiger partial charge in [-0.3, -0.25) is 14.6 Å². The zero-order valence-corrected chi connectivity index (χ0v) is 18.8. The molecule has 1 aromatic carbocycles. The van der Waals surface area contributed by atoms with Crippen LogP contribution < -0.4 is 10.6 Å². The van der Waals surface area contributed by atoms with Crippen molar-refractivity contribution in [1.82, 2.24) is 9.97 Å². The van der Waals surface area contributed by atoms with E-state index in [-0.39, 0.29) is 23.6 Å². The minimum Gasteiger partial charge on any atom is -0.469 e. The standard InChI is InChI=1S/C24H23F3N4O4/c1-34-22(32)8-13-2-4-14(5-3-13)19-9-15(6-7-28-19)29-23(33)21-12-35-24(31-21)30-20-11-17(26)16(25)10-18(20)27/h6-7,9-14H,2-5,8H2,1H3,(H,30,31)(H,28,29,33). The maximum atomic E-state index is 13.8. The van der Waals surface area contributed by atoms with Crippen LogP contribution in [0.1, 0.15) is 54.2 Å². The summed E-state index contributed by atoms with van der Waals surface area (Å²) in [7, 11) is 1.39. The molecule has 35 heavy (non-hydrogen) atoms. The topological polar surface area (TPSA) is 106 Å². The summed E-state index contributed by atoms with van der Waals surface area (Å²) < 4.78 is 50.1. The maximum Gasteiger partial charge on any atom is 0.305 e. The summed E-state index contributed by atoms with van der Waals surface area (Å²) in [6.07, 6.45) is 6.63. The number of nitrogens with one attached hydrogen (secondary N) is 2. The summed E-state index contributed by atoms with van der Waals surface area (Å²) in [5.74, 6) is -3.87. The molecule has 1 aliphatic rings. The zero-order valence-electron chi connectivity index (χ0n) is 18.8. The minimum absolute atomic E-state index is 0.0998. The molecule has 0 saturated heterocycles. The predicted molar refractivity (Wildman–Crippen MR) is 120 cm³/mol. The van der Waals surface area contributed by atoms with E-state index in [9.17, 15) is 22.8 Å².